The van der Waals surface area contributed by atoms with Gasteiger partial charge in [0, 0.05) is 32.8 Å². The fourth-order valence-corrected chi connectivity index (χ4v) is 2.71. The molecule has 3 nitrogen and oxygen atoms in total. The van der Waals surface area contributed by atoms with Crippen molar-refractivity contribution in [1.82, 2.24) is 10.6 Å². The zero-order valence-corrected chi connectivity index (χ0v) is 12.7. The van der Waals surface area contributed by atoms with Crippen LogP contribution in [-0.2, 0) is 11.3 Å². The third-order valence-electron chi connectivity index (χ3n) is 2.21. The minimum Gasteiger partial charge on any atom is -0.383 e. The molecule has 1 atom stereocenters. The molecule has 0 saturated carbocycles. The van der Waals surface area contributed by atoms with Crippen LogP contribution in [0.1, 0.15) is 12.5 Å². The summed E-state index contributed by atoms with van der Waals surface area (Å²) in [5.74, 6) is 0. The summed E-state index contributed by atoms with van der Waals surface area (Å²) >= 11 is 4.15. The number of rotatable bonds is 8. The van der Waals surface area contributed by atoms with E-state index in [2.05, 4.69) is 51.6 Å². The van der Waals surface area contributed by atoms with Gasteiger partial charge in [-0.1, -0.05) is 0 Å². The molecule has 2 N–H and O–H groups in total. The van der Waals surface area contributed by atoms with E-state index in [4.69, 9.17) is 4.74 Å². The number of methoxy groups -OCH3 is 1. The van der Waals surface area contributed by atoms with Gasteiger partial charge in [0.05, 0.1) is 9.49 Å². The van der Waals surface area contributed by atoms with Gasteiger partial charge in [0.2, 0.25) is 0 Å². The van der Waals surface area contributed by atoms with Crippen LogP contribution in [-0.4, -0.2) is 32.8 Å². The van der Waals surface area contributed by atoms with Crippen LogP contribution in [0, 0.1) is 2.88 Å². The molecule has 16 heavy (non-hydrogen) atoms. The van der Waals surface area contributed by atoms with Gasteiger partial charge in [-0.3, -0.25) is 0 Å². The Hall–Kier alpha value is 0.310. The monoisotopic (exact) mass is 354 g/mol. The third-order valence-corrected chi connectivity index (χ3v) is 4.05. The first-order chi connectivity index (χ1) is 7.72. The molecule has 5 heteroatoms. The van der Waals surface area contributed by atoms with Crippen molar-refractivity contribution in [3.63, 3.8) is 0 Å². The second kappa shape index (κ2) is 8.41. The number of nitrogens with one attached hydrogen (secondary N) is 2. The normalized spacial score (nSPS) is 12.9. The molecule has 1 unspecified atom stereocenters. The van der Waals surface area contributed by atoms with E-state index in [0.29, 0.717) is 6.04 Å². The Morgan fingerprint density at radius 2 is 2.38 bits per heavy atom. The lowest BCUT2D eigenvalue weighted by Gasteiger charge is -2.13. The van der Waals surface area contributed by atoms with Crippen LogP contribution >= 0.6 is 33.9 Å². The van der Waals surface area contributed by atoms with E-state index < -0.39 is 0 Å². The van der Waals surface area contributed by atoms with E-state index in [1.807, 2.05) is 0 Å². The summed E-state index contributed by atoms with van der Waals surface area (Å²) in [6.45, 7) is 5.81. The molecule has 0 aliphatic carbocycles. The highest BCUT2D eigenvalue weighted by Crippen LogP contribution is 2.16. The third kappa shape index (κ3) is 6.15. The van der Waals surface area contributed by atoms with Crippen molar-refractivity contribution in [1.29, 1.82) is 0 Å². The van der Waals surface area contributed by atoms with Crippen LogP contribution in [0.2, 0.25) is 0 Å². The van der Waals surface area contributed by atoms with Gasteiger partial charge in [-0.05, 0) is 46.5 Å². The molecule has 0 fully saturated rings. The standard InChI is InChI=1S/C11H19IN2OS/c1-9(6-13-3-4-15-2)14-7-10-5-11(12)16-8-10/h5,8-9,13-14H,3-4,6-7H2,1-2H3. The van der Waals surface area contributed by atoms with E-state index >= 15 is 0 Å². The molecule has 0 aliphatic rings. The van der Waals surface area contributed by atoms with Crippen LogP contribution in [0.5, 0.6) is 0 Å². The van der Waals surface area contributed by atoms with E-state index in [1.54, 1.807) is 18.4 Å². The van der Waals surface area contributed by atoms with Crippen LogP contribution in [0.3, 0.4) is 0 Å². The minimum atomic E-state index is 0.481. The van der Waals surface area contributed by atoms with Crippen molar-refractivity contribution in [2.75, 3.05) is 26.8 Å². The molecule has 1 aromatic rings. The molecule has 0 saturated heterocycles. The minimum absolute atomic E-state index is 0.481. The Morgan fingerprint density at radius 1 is 1.56 bits per heavy atom. The molecule has 92 valence electrons. The van der Waals surface area contributed by atoms with Gasteiger partial charge in [0.25, 0.3) is 0 Å². The molecule has 1 aromatic heterocycles. The van der Waals surface area contributed by atoms with Crippen LogP contribution < -0.4 is 10.6 Å². The maximum absolute atomic E-state index is 4.97. The summed E-state index contributed by atoms with van der Waals surface area (Å²) in [6, 6.07) is 2.71. The van der Waals surface area contributed by atoms with Crippen molar-refractivity contribution in [2.24, 2.45) is 0 Å². The van der Waals surface area contributed by atoms with E-state index in [0.717, 1.165) is 26.2 Å². The number of hydrogen-bond donors (Lipinski definition) is 2. The zero-order valence-electron chi connectivity index (χ0n) is 9.75. The highest BCUT2D eigenvalue weighted by atomic mass is 127. The topological polar surface area (TPSA) is 33.3 Å². The van der Waals surface area contributed by atoms with E-state index in [9.17, 15) is 0 Å². The van der Waals surface area contributed by atoms with Gasteiger partial charge >= 0.3 is 0 Å². The summed E-state index contributed by atoms with van der Waals surface area (Å²) in [4.78, 5) is 0. The molecule has 0 aromatic carbocycles. The number of hydrogen-bond acceptors (Lipinski definition) is 4. The average molecular weight is 354 g/mol. The fraction of sp³-hybridized carbons (Fsp3) is 0.636. The van der Waals surface area contributed by atoms with Gasteiger partial charge in [0.1, 0.15) is 0 Å². The predicted molar refractivity (Wildman–Crippen MR) is 78.1 cm³/mol. The average Bonchev–Trinajstić information content (AvgIpc) is 2.68. The van der Waals surface area contributed by atoms with Crippen LogP contribution in [0.25, 0.3) is 0 Å². The Bertz CT molecular complexity index is 293. The summed E-state index contributed by atoms with van der Waals surface area (Å²) in [7, 11) is 1.72. The first-order valence-electron chi connectivity index (χ1n) is 5.38. The summed E-state index contributed by atoms with van der Waals surface area (Å²) in [5, 5.41) is 9.04. The number of ether oxygens (including phenoxy) is 1. The Morgan fingerprint density at radius 3 is 3.00 bits per heavy atom. The first kappa shape index (κ1) is 14.4. The van der Waals surface area contributed by atoms with Crippen molar-refractivity contribution in [2.45, 2.75) is 19.5 Å². The van der Waals surface area contributed by atoms with Crippen molar-refractivity contribution >= 4 is 33.9 Å². The second-order valence-corrected chi connectivity index (χ2v) is 6.54. The number of thiophene rings is 1. The maximum atomic E-state index is 4.97. The first-order valence-corrected chi connectivity index (χ1v) is 7.34. The molecule has 0 spiro atoms. The lowest BCUT2D eigenvalue weighted by atomic mass is 10.3. The highest BCUT2D eigenvalue weighted by molar-refractivity contribution is 14.1. The number of halogens is 1. The van der Waals surface area contributed by atoms with Gasteiger partial charge in [0.15, 0.2) is 0 Å². The maximum Gasteiger partial charge on any atom is 0.0656 e. The largest absolute Gasteiger partial charge is 0.383 e. The molecule has 0 bridgehead atoms. The van der Waals surface area contributed by atoms with Crippen LogP contribution in [0.15, 0.2) is 11.4 Å². The fourth-order valence-electron chi connectivity index (χ4n) is 1.30. The van der Waals surface area contributed by atoms with Crippen molar-refractivity contribution in [3.05, 3.63) is 19.9 Å². The molecule has 1 heterocycles. The van der Waals surface area contributed by atoms with Gasteiger partial charge in [-0.25, -0.2) is 0 Å². The summed E-state index contributed by atoms with van der Waals surface area (Å²) in [5.41, 5.74) is 1.37. The Kier molecular flexibility index (Phi) is 7.55. The highest BCUT2D eigenvalue weighted by Gasteiger charge is 2.02. The Balaban J connectivity index is 2.08. The lowest BCUT2D eigenvalue weighted by Crippen LogP contribution is -2.37. The van der Waals surface area contributed by atoms with Crippen LogP contribution in [0.4, 0.5) is 0 Å². The van der Waals surface area contributed by atoms with Gasteiger partial charge in [-0.15, -0.1) is 11.3 Å². The molecule has 0 amide bonds. The quantitative estimate of drug-likeness (QED) is 0.554. The summed E-state index contributed by atoms with van der Waals surface area (Å²) in [6.07, 6.45) is 0. The van der Waals surface area contributed by atoms with E-state index in [1.165, 1.54) is 8.45 Å². The second-order valence-electron chi connectivity index (χ2n) is 3.74. The smallest absolute Gasteiger partial charge is 0.0656 e. The van der Waals surface area contributed by atoms with Crippen molar-refractivity contribution in [3.8, 4) is 0 Å². The molecule has 0 radical (unpaired) electrons. The van der Waals surface area contributed by atoms with Gasteiger partial charge < -0.3 is 15.4 Å². The lowest BCUT2D eigenvalue weighted by molar-refractivity contribution is 0.198. The van der Waals surface area contributed by atoms with Crippen molar-refractivity contribution < 1.29 is 4.74 Å². The molecule has 1 rings (SSSR count). The van der Waals surface area contributed by atoms with Gasteiger partial charge in [-0.2, -0.15) is 0 Å². The SMILES string of the molecule is COCCNCC(C)NCc1csc(I)c1. The predicted octanol–water partition coefficient (Wildman–Crippen LogP) is 2.07. The zero-order chi connectivity index (χ0) is 11.8. The van der Waals surface area contributed by atoms with E-state index in [-0.39, 0.29) is 0 Å². The molecule has 0 aliphatic heterocycles. The molecular formula is C11H19IN2OS. The molecular weight excluding hydrogens is 335 g/mol. The summed E-state index contributed by atoms with van der Waals surface area (Å²) < 4.78 is 6.32. The Labute approximate surface area is 115 Å².